The zero-order chi connectivity index (χ0) is 10.1. The lowest BCUT2D eigenvalue weighted by Crippen LogP contribution is -2.12. The Morgan fingerprint density at radius 2 is 2.07 bits per heavy atom. The van der Waals surface area contributed by atoms with Gasteiger partial charge in [0.2, 0.25) is 0 Å². The van der Waals surface area contributed by atoms with Crippen LogP contribution in [0.2, 0.25) is 10.0 Å². The molecule has 1 unspecified atom stereocenters. The van der Waals surface area contributed by atoms with Crippen molar-refractivity contribution in [3.05, 3.63) is 22.2 Å². The van der Waals surface area contributed by atoms with Crippen molar-refractivity contribution in [2.24, 2.45) is 0 Å². The summed E-state index contributed by atoms with van der Waals surface area (Å²) in [4.78, 5) is 0. The lowest BCUT2D eigenvalue weighted by molar-refractivity contribution is 0.222. The van der Waals surface area contributed by atoms with Crippen LogP contribution < -0.4 is 10.1 Å². The van der Waals surface area contributed by atoms with Gasteiger partial charge in [-0.25, -0.2) is 0 Å². The molecule has 0 amide bonds. The molecule has 76 valence electrons. The van der Waals surface area contributed by atoms with Crippen LogP contribution in [0.5, 0.6) is 5.75 Å². The highest BCUT2D eigenvalue weighted by molar-refractivity contribution is 6.42. The van der Waals surface area contributed by atoms with Gasteiger partial charge in [0.25, 0.3) is 0 Å². The molecule has 2 rings (SSSR count). The van der Waals surface area contributed by atoms with E-state index in [1.165, 1.54) is 0 Å². The van der Waals surface area contributed by atoms with Crippen LogP contribution in [0, 0.1) is 0 Å². The van der Waals surface area contributed by atoms with Gasteiger partial charge in [-0.2, -0.15) is 0 Å². The van der Waals surface area contributed by atoms with E-state index in [1.54, 1.807) is 12.1 Å². The fraction of sp³-hybridized carbons (Fsp3) is 0.400. The predicted molar refractivity (Wildman–Crippen MR) is 59.7 cm³/mol. The van der Waals surface area contributed by atoms with E-state index < -0.39 is 0 Å². The predicted octanol–water partition coefficient (Wildman–Crippen LogP) is 3.58. The van der Waals surface area contributed by atoms with E-state index in [9.17, 15) is 0 Å². The summed E-state index contributed by atoms with van der Waals surface area (Å²) in [5, 5.41) is 4.34. The molecule has 0 fully saturated rings. The Morgan fingerprint density at radius 1 is 1.36 bits per heavy atom. The van der Waals surface area contributed by atoms with Crippen molar-refractivity contribution in [3.63, 3.8) is 0 Å². The summed E-state index contributed by atoms with van der Waals surface area (Å²) in [5.74, 6) is 0.782. The minimum absolute atomic E-state index is 0.209. The van der Waals surface area contributed by atoms with Crippen LogP contribution >= 0.6 is 23.2 Å². The zero-order valence-corrected chi connectivity index (χ0v) is 9.32. The van der Waals surface area contributed by atoms with Crippen LogP contribution in [-0.4, -0.2) is 12.6 Å². The second-order valence-corrected chi connectivity index (χ2v) is 4.22. The van der Waals surface area contributed by atoms with Gasteiger partial charge < -0.3 is 10.1 Å². The van der Waals surface area contributed by atoms with E-state index in [1.807, 2.05) is 6.92 Å². The molecule has 1 aliphatic heterocycles. The maximum Gasteiger partial charge on any atom is 0.144 e. The number of hydrogen-bond acceptors (Lipinski definition) is 2. The molecule has 2 nitrogen and oxygen atoms in total. The van der Waals surface area contributed by atoms with E-state index in [0.717, 1.165) is 24.4 Å². The summed E-state index contributed by atoms with van der Waals surface area (Å²) in [6, 6.07) is 3.56. The van der Waals surface area contributed by atoms with Crippen molar-refractivity contribution in [1.82, 2.24) is 0 Å². The van der Waals surface area contributed by atoms with Crippen molar-refractivity contribution in [1.29, 1.82) is 0 Å². The minimum atomic E-state index is 0.209. The van der Waals surface area contributed by atoms with E-state index in [0.29, 0.717) is 10.0 Å². The first kappa shape index (κ1) is 9.94. The van der Waals surface area contributed by atoms with Crippen molar-refractivity contribution in [2.75, 3.05) is 11.9 Å². The Morgan fingerprint density at radius 3 is 2.86 bits per heavy atom. The number of ether oxygens (including phenoxy) is 1. The van der Waals surface area contributed by atoms with Crippen LogP contribution in [0.4, 0.5) is 5.69 Å². The first-order valence-corrected chi connectivity index (χ1v) is 5.32. The Hall–Kier alpha value is -0.600. The lowest BCUT2D eigenvalue weighted by atomic mass is 10.3. The molecular weight excluding hydrogens is 221 g/mol. The first-order chi connectivity index (χ1) is 6.66. The highest BCUT2D eigenvalue weighted by Gasteiger charge is 2.15. The van der Waals surface area contributed by atoms with Crippen molar-refractivity contribution in [3.8, 4) is 5.75 Å². The molecule has 1 N–H and O–H groups in total. The number of nitrogens with one attached hydrogen (secondary N) is 1. The standard InChI is InChI=1S/C10H11Cl2NO/c1-6-2-3-13-9-4-7(11)8(12)5-10(9)14-6/h4-6,13H,2-3H2,1H3. The number of anilines is 1. The molecule has 0 saturated heterocycles. The van der Waals surface area contributed by atoms with Crippen LogP contribution in [0.1, 0.15) is 13.3 Å². The normalized spacial score (nSPS) is 20.4. The topological polar surface area (TPSA) is 21.3 Å². The van der Waals surface area contributed by atoms with Crippen LogP contribution in [0.3, 0.4) is 0 Å². The number of benzene rings is 1. The van der Waals surface area contributed by atoms with Gasteiger partial charge in [0.15, 0.2) is 0 Å². The molecule has 0 bridgehead atoms. The maximum atomic E-state index is 5.91. The number of fused-ring (bicyclic) bond motifs is 1. The Labute approximate surface area is 93.2 Å². The smallest absolute Gasteiger partial charge is 0.144 e. The second-order valence-electron chi connectivity index (χ2n) is 3.41. The third-order valence-corrected chi connectivity index (χ3v) is 2.94. The summed E-state index contributed by atoms with van der Waals surface area (Å²) in [6.45, 7) is 2.94. The molecule has 0 aliphatic carbocycles. The quantitative estimate of drug-likeness (QED) is 0.738. The molecule has 0 spiro atoms. The first-order valence-electron chi connectivity index (χ1n) is 4.56. The summed E-state index contributed by atoms with van der Waals surface area (Å²) in [6.07, 6.45) is 1.19. The zero-order valence-electron chi connectivity index (χ0n) is 7.81. The number of rotatable bonds is 0. The average molecular weight is 232 g/mol. The lowest BCUT2D eigenvalue weighted by Gasteiger charge is -2.12. The van der Waals surface area contributed by atoms with E-state index in [2.05, 4.69) is 5.32 Å². The highest BCUT2D eigenvalue weighted by atomic mass is 35.5. The van der Waals surface area contributed by atoms with Gasteiger partial charge in [0.05, 0.1) is 21.8 Å². The fourth-order valence-corrected chi connectivity index (χ4v) is 1.77. The molecule has 1 aromatic rings. The van der Waals surface area contributed by atoms with Crippen LogP contribution in [0.25, 0.3) is 0 Å². The molecule has 14 heavy (non-hydrogen) atoms. The Kier molecular flexibility index (Phi) is 2.75. The van der Waals surface area contributed by atoms with Gasteiger partial charge in [0.1, 0.15) is 5.75 Å². The largest absolute Gasteiger partial charge is 0.488 e. The average Bonchev–Trinajstić information content (AvgIpc) is 2.28. The van der Waals surface area contributed by atoms with Gasteiger partial charge in [-0.05, 0) is 13.0 Å². The third-order valence-electron chi connectivity index (χ3n) is 2.22. The fourth-order valence-electron chi connectivity index (χ4n) is 1.45. The summed E-state index contributed by atoms with van der Waals surface area (Å²) < 4.78 is 5.69. The highest BCUT2D eigenvalue weighted by Crippen LogP contribution is 2.36. The third kappa shape index (κ3) is 1.91. The SMILES string of the molecule is CC1CCNc2cc(Cl)c(Cl)cc2O1. The van der Waals surface area contributed by atoms with Gasteiger partial charge in [-0.3, -0.25) is 0 Å². The van der Waals surface area contributed by atoms with Crippen LogP contribution in [0.15, 0.2) is 12.1 Å². The second kappa shape index (κ2) is 3.87. The molecule has 0 aromatic heterocycles. The van der Waals surface area contributed by atoms with Gasteiger partial charge in [-0.15, -0.1) is 0 Å². The number of halogens is 2. The maximum absolute atomic E-state index is 5.91. The molecule has 4 heteroatoms. The molecular formula is C10H11Cl2NO. The Balaban J connectivity index is 2.41. The van der Waals surface area contributed by atoms with Gasteiger partial charge >= 0.3 is 0 Å². The van der Waals surface area contributed by atoms with Gasteiger partial charge in [-0.1, -0.05) is 23.2 Å². The van der Waals surface area contributed by atoms with Crippen molar-refractivity contribution >= 4 is 28.9 Å². The summed E-state index contributed by atoms with van der Waals surface area (Å²) in [7, 11) is 0. The molecule has 1 atom stereocenters. The van der Waals surface area contributed by atoms with Crippen molar-refractivity contribution < 1.29 is 4.74 Å². The molecule has 0 saturated carbocycles. The van der Waals surface area contributed by atoms with E-state index >= 15 is 0 Å². The van der Waals surface area contributed by atoms with E-state index in [-0.39, 0.29) is 6.10 Å². The van der Waals surface area contributed by atoms with Gasteiger partial charge in [0, 0.05) is 19.0 Å². The molecule has 1 aliphatic rings. The minimum Gasteiger partial charge on any atom is -0.488 e. The molecule has 0 radical (unpaired) electrons. The van der Waals surface area contributed by atoms with Crippen LogP contribution in [-0.2, 0) is 0 Å². The summed E-state index contributed by atoms with van der Waals surface area (Å²) in [5.41, 5.74) is 0.920. The molecule has 1 aromatic carbocycles. The van der Waals surface area contributed by atoms with Crippen molar-refractivity contribution in [2.45, 2.75) is 19.4 Å². The summed E-state index contributed by atoms with van der Waals surface area (Å²) >= 11 is 11.8. The van der Waals surface area contributed by atoms with E-state index in [4.69, 9.17) is 27.9 Å². The number of hydrogen-bond donors (Lipinski definition) is 1. The molecule has 1 heterocycles. The monoisotopic (exact) mass is 231 g/mol. The Bertz CT molecular complexity index is 354.